The number of amides is 1. The molecule has 6 nitrogen and oxygen atoms in total. The summed E-state index contributed by atoms with van der Waals surface area (Å²) in [5.74, 6) is 0.294. The number of nitrogens with one attached hydrogen (secondary N) is 1. The second kappa shape index (κ2) is 6.07. The summed E-state index contributed by atoms with van der Waals surface area (Å²) in [6, 6.07) is 4.92. The molecule has 0 saturated heterocycles. The Morgan fingerprint density at radius 2 is 2.11 bits per heavy atom. The molecule has 8 heteroatoms. The van der Waals surface area contributed by atoms with E-state index in [1.165, 1.54) is 13.3 Å². The standard InChI is InChI=1S/C11H8Br2N4O2/c1-19-8-4-2-3-6(15-8)11(18)17-10-9(13)16-7(12)5-14-10/h2-5H,1H3,(H,14,17,18). The van der Waals surface area contributed by atoms with Gasteiger partial charge in [0.1, 0.15) is 14.9 Å². The highest BCUT2D eigenvalue weighted by molar-refractivity contribution is 9.11. The molecular weight excluding hydrogens is 380 g/mol. The Morgan fingerprint density at radius 3 is 2.79 bits per heavy atom. The van der Waals surface area contributed by atoms with Crippen LogP contribution < -0.4 is 10.1 Å². The highest BCUT2D eigenvalue weighted by Gasteiger charge is 2.12. The van der Waals surface area contributed by atoms with Gasteiger partial charge in [0.2, 0.25) is 5.88 Å². The minimum Gasteiger partial charge on any atom is -0.481 e. The first-order valence-electron chi connectivity index (χ1n) is 5.10. The topological polar surface area (TPSA) is 77.0 Å². The van der Waals surface area contributed by atoms with Gasteiger partial charge in [-0.05, 0) is 37.9 Å². The molecule has 2 aromatic heterocycles. The number of rotatable bonds is 3. The maximum Gasteiger partial charge on any atom is 0.275 e. The molecule has 0 radical (unpaired) electrons. The van der Waals surface area contributed by atoms with Crippen molar-refractivity contribution < 1.29 is 9.53 Å². The van der Waals surface area contributed by atoms with E-state index in [-0.39, 0.29) is 5.69 Å². The number of pyridine rings is 1. The smallest absolute Gasteiger partial charge is 0.275 e. The Hall–Kier alpha value is -1.54. The van der Waals surface area contributed by atoms with Crippen LogP contribution in [-0.2, 0) is 0 Å². The van der Waals surface area contributed by atoms with Crippen LogP contribution in [0.1, 0.15) is 10.5 Å². The fourth-order valence-corrected chi connectivity index (χ4v) is 2.17. The van der Waals surface area contributed by atoms with E-state index in [9.17, 15) is 4.79 Å². The van der Waals surface area contributed by atoms with Crippen molar-refractivity contribution >= 4 is 43.6 Å². The van der Waals surface area contributed by atoms with Gasteiger partial charge in [0.25, 0.3) is 5.91 Å². The maximum absolute atomic E-state index is 12.0. The largest absolute Gasteiger partial charge is 0.481 e. The SMILES string of the molecule is COc1cccc(C(=O)Nc2ncc(Br)nc2Br)n1. The van der Waals surface area contributed by atoms with Crippen molar-refractivity contribution in [2.75, 3.05) is 12.4 Å². The summed E-state index contributed by atoms with van der Waals surface area (Å²) in [7, 11) is 1.49. The number of anilines is 1. The lowest BCUT2D eigenvalue weighted by molar-refractivity contribution is 0.102. The third kappa shape index (κ3) is 3.48. The summed E-state index contributed by atoms with van der Waals surface area (Å²) in [5.41, 5.74) is 0.232. The highest BCUT2D eigenvalue weighted by Crippen LogP contribution is 2.20. The Labute approximate surface area is 125 Å². The molecule has 0 bridgehead atoms. The van der Waals surface area contributed by atoms with E-state index in [0.29, 0.717) is 20.9 Å². The summed E-state index contributed by atoms with van der Waals surface area (Å²) in [6.07, 6.45) is 1.49. The summed E-state index contributed by atoms with van der Waals surface area (Å²) < 4.78 is 5.96. The molecule has 0 spiro atoms. The van der Waals surface area contributed by atoms with Crippen LogP contribution in [0.15, 0.2) is 33.6 Å². The molecule has 0 saturated carbocycles. The number of carbonyl (C=O) groups is 1. The molecule has 0 aliphatic heterocycles. The average Bonchev–Trinajstić information content (AvgIpc) is 2.42. The van der Waals surface area contributed by atoms with Crippen molar-refractivity contribution in [3.05, 3.63) is 39.3 Å². The van der Waals surface area contributed by atoms with Crippen LogP contribution in [0.3, 0.4) is 0 Å². The van der Waals surface area contributed by atoms with Crippen LogP contribution in [0, 0.1) is 0 Å². The lowest BCUT2D eigenvalue weighted by Crippen LogP contribution is -2.15. The van der Waals surface area contributed by atoms with E-state index in [4.69, 9.17) is 4.74 Å². The lowest BCUT2D eigenvalue weighted by Gasteiger charge is -2.06. The molecule has 0 atom stereocenters. The van der Waals surface area contributed by atoms with Crippen molar-refractivity contribution in [2.45, 2.75) is 0 Å². The third-order valence-electron chi connectivity index (χ3n) is 2.10. The number of hydrogen-bond acceptors (Lipinski definition) is 5. The van der Waals surface area contributed by atoms with E-state index >= 15 is 0 Å². The van der Waals surface area contributed by atoms with Crippen molar-refractivity contribution in [1.29, 1.82) is 0 Å². The van der Waals surface area contributed by atoms with Crippen LogP contribution in [0.4, 0.5) is 5.82 Å². The maximum atomic E-state index is 12.0. The van der Waals surface area contributed by atoms with Gasteiger partial charge in [-0.15, -0.1) is 0 Å². The molecule has 98 valence electrons. The number of hydrogen-bond donors (Lipinski definition) is 1. The van der Waals surface area contributed by atoms with E-state index in [2.05, 4.69) is 52.1 Å². The van der Waals surface area contributed by atoms with Gasteiger partial charge in [0.05, 0.1) is 13.3 Å². The van der Waals surface area contributed by atoms with Gasteiger partial charge in [-0.25, -0.2) is 15.0 Å². The molecule has 2 rings (SSSR count). The Balaban J connectivity index is 2.20. The van der Waals surface area contributed by atoms with Crippen LogP contribution in [0.5, 0.6) is 5.88 Å². The Kier molecular flexibility index (Phi) is 4.43. The number of aromatic nitrogens is 3. The fraction of sp³-hybridized carbons (Fsp3) is 0.0909. The predicted octanol–water partition coefficient (Wildman–Crippen LogP) is 2.66. The van der Waals surface area contributed by atoms with Gasteiger partial charge in [0.15, 0.2) is 5.82 Å². The molecule has 0 aromatic carbocycles. The molecule has 2 heterocycles. The quantitative estimate of drug-likeness (QED) is 0.875. The van der Waals surface area contributed by atoms with Crippen molar-refractivity contribution in [3.63, 3.8) is 0 Å². The Bertz CT molecular complexity index is 621. The predicted molar refractivity (Wildman–Crippen MR) is 76.2 cm³/mol. The molecule has 1 amide bonds. The van der Waals surface area contributed by atoms with Gasteiger partial charge in [0, 0.05) is 6.07 Å². The van der Waals surface area contributed by atoms with Gasteiger partial charge in [-0.3, -0.25) is 4.79 Å². The monoisotopic (exact) mass is 386 g/mol. The summed E-state index contributed by atoms with van der Waals surface area (Å²) in [6.45, 7) is 0. The third-order valence-corrected chi connectivity index (χ3v) is 3.03. The molecule has 0 aliphatic rings. The minimum atomic E-state index is -0.392. The number of ether oxygens (including phenoxy) is 1. The zero-order chi connectivity index (χ0) is 13.8. The number of methoxy groups -OCH3 is 1. The highest BCUT2D eigenvalue weighted by atomic mass is 79.9. The van der Waals surface area contributed by atoms with Crippen molar-refractivity contribution in [2.24, 2.45) is 0 Å². The van der Waals surface area contributed by atoms with Crippen LogP contribution >= 0.6 is 31.9 Å². The zero-order valence-corrected chi connectivity index (χ0v) is 12.9. The number of halogens is 2. The second-order valence-corrected chi connectivity index (χ2v) is 4.92. The average molecular weight is 388 g/mol. The minimum absolute atomic E-state index is 0.232. The van der Waals surface area contributed by atoms with Gasteiger partial charge >= 0.3 is 0 Å². The van der Waals surface area contributed by atoms with Crippen LogP contribution in [0.25, 0.3) is 0 Å². The van der Waals surface area contributed by atoms with Gasteiger partial charge < -0.3 is 10.1 Å². The van der Waals surface area contributed by atoms with E-state index in [1.807, 2.05) is 0 Å². The molecule has 19 heavy (non-hydrogen) atoms. The van der Waals surface area contributed by atoms with E-state index in [1.54, 1.807) is 18.2 Å². The van der Waals surface area contributed by atoms with E-state index < -0.39 is 5.91 Å². The molecule has 1 N–H and O–H groups in total. The summed E-state index contributed by atoms with van der Waals surface area (Å²) in [4.78, 5) is 24.1. The normalized spacial score (nSPS) is 10.1. The first kappa shape index (κ1) is 13.9. The zero-order valence-electron chi connectivity index (χ0n) is 9.72. The number of carbonyl (C=O) groups excluding carboxylic acids is 1. The molecular formula is C11H8Br2N4O2. The number of nitrogens with zero attached hydrogens (tertiary/aromatic N) is 3. The first-order chi connectivity index (χ1) is 9.10. The van der Waals surface area contributed by atoms with Crippen LogP contribution in [-0.4, -0.2) is 28.0 Å². The molecule has 0 aliphatic carbocycles. The fourth-order valence-electron chi connectivity index (χ4n) is 1.26. The van der Waals surface area contributed by atoms with E-state index in [0.717, 1.165) is 0 Å². The van der Waals surface area contributed by atoms with Crippen molar-refractivity contribution in [1.82, 2.24) is 15.0 Å². The Morgan fingerprint density at radius 1 is 1.32 bits per heavy atom. The molecule has 2 aromatic rings. The van der Waals surface area contributed by atoms with Crippen molar-refractivity contribution in [3.8, 4) is 5.88 Å². The summed E-state index contributed by atoms with van der Waals surface area (Å²) in [5, 5.41) is 2.61. The molecule has 0 fully saturated rings. The molecule has 0 unspecified atom stereocenters. The summed E-state index contributed by atoms with van der Waals surface area (Å²) >= 11 is 6.39. The van der Waals surface area contributed by atoms with Crippen LogP contribution in [0.2, 0.25) is 0 Å². The second-order valence-electron chi connectivity index (χ2n) is 3.35. The van der Waals surface area contributed by atoms with Gasteiger partial charge in [-0.2, -0.15) is 0 Å². The first-order valence-corrected chi connectivity index (χ1v) is 6.69. The lowest BCUT2D eigenvalue weighted by atomic mass is 10.3. The van der Waals surface area contributed by atoms with Gasteiger partial charge in [-0.1, -0.05) is 6.07 Å².